The molecule has 10 heteroatoms. The largest absolute Gasteiger partial charge is 0.476 e. The van der Waals surface area contributed by atoms with Crippen LogP contribution in [0.3, 0.4) is 0 Å². The standard InChI is InChI=1S/C23H17Cl2N3O3S2/c1-10-17(20(29)12-6-4-3-5-7-12)19(21(30)31)28(27-10)23-26-18-14-9-16(25)15(24)8-13(14)11(2)32-22(18)33-23/h3-9,11,20,29H,1-2H3,(H,30,31). The van der Waals surface area contributed by atoms with Gasteiger partial charge in [-0.1, -0.05) is 64.9 Å². The topological polar surface area (TPSA) is 88.2 Å². The van der Waals surface area contributed by atoms with Crippen LogP contribution in [0.25, 0.3) is 16.4 Å². The van der Waals surface area contributed by atoms with E-state index in [0.29, 0.717) is 26.4 Å². The molecule has 3 heterocycles. The van der Waals surface area contributed by atoms with Crippen LogP contribution in [0.2, 0.25) is 10.0 Å². The van der Waals surface area contributed by atoms with Gasteiger partial charge in [0.15, 0.2) is 5.69 Å². The Bertz CT molecular complexity index is 1400. The third-order valence-electron chi connectivity index (χ3n) is 5.53. The van der Waals surface area contributed by atoms with Gasteiger partial charge in [-0.2, -0.15) is 9.78 Å². The van der Waals surface area contributed by atoms with E-state index in [1.807, 2.05) is 12.1 Å². The Labute approximate surface area is 207 Å². The minimum atomic E-state index is -1.19. The predicted octanol–water partition coefficient (Wildman–Crippen LogP) is 6.56. The number of thioether (sulfide) groups is 1. The molecule has 33 heavy (non-hydrogen) atoms. The summed E-state index contributed by atoms with van der Waals surface area (Å²) in [6.07, 6.45) is -1.13. The molecule has 1 aliphatic rings. The number of carboxylic acid groups (broad SMARTS) is 1. The molecule has 0 spiro atoms. The molecule has 0 radical (unpaired) electrons. The number of fused-ring (bicyclic) bond motifs is 3. The van der Waals surface area contributed by atoms with Crippen molar-refractivity contribution in [3.8, 4) is 16.4 Å². The molecule has 5 rings (SSSR count). The van der Waals surface area contributed by atoms with E-state index in [0.717, 1.165) is 21.0 Å². The predicted molar refractivity (Wildman–Crippen MR) is 131 cm³/mol. The van der Waals surface area contributed by atoms with Gasteiger partial charge in [-0.3, -0.25) is 0 Å². The van der Waals surface area contributed by atoms with Gasteiger partial charge < -0.3 is 10.2 Å². The van der Waals surface area contributed by atoms with Crippen molar-refractivity contribution in [2.24, 2.45) is 0 Å². The number of aromatic nitrogens is 3. The molecule has 6 nitrogen and oxygen atoms in total. The maximum Gasteiger partial charge on any atom is 0.355 e. The highest BCUT2D eigenvalue weighted by Crippen LogP contribution is 2.53. The summed E-state index contributed by atoms with van der Waals surface area (Å²) in [5.41, 5.74) is 3.77. The van der Waals surface area contributed by atoms with Crippen molar-refractivity contribution in [3.63, 3.8) is 0 Å². The molecule has 2 aromatic carbocycles. The molecule has 0 amide bonds. The van der Waals surface area contributed by atoms with Crippen molar-refractivity contribution in [1.82, 2.24) is 14.8 Å². The number of benzene rings is 2. The fourth-order valence-electron chi connectivity index (χ4n) is 3.98. The van der Waals surface area contributed by atoms with Crippen LogP contribution in [0, 0.1) is 6.92 Å². The lowest BCUT2D eigenvalue weighted by atomic mass is 9.99. The van der Waals surface area contributed by atoms with Crippen LogP contribution in [0.4, 0.5) is 0 Å². The number of aliphatic hydroxyl groups excluding tert-OH is 1. The third-order valence-corrected chi connectivity index (χ3v) is 8.63. The molecule has 0 saturated heterocycles. The van der Waals surface area contributed by atoms with E-state index in [2.05, 4.69) is 12.0 Å². The molecule has 1 aliphatic heterocycles. The average Bonchev–Trinajstić information content (AvgIpc) is 3.36. The SMILES string of the molecule is Cc1nn(-c2nc3c(s2)SC(C)c2cc(Cl)c(Cl)cc2-3)c(C(=O)O)c1C(O)c1ccccc1. The summed E-state index contributed by atoms with van der Waals surface area (Å²) >= 11 is 15.5. The molecule has 0 saturated carbocycles. The van der Waals surface area contributed by atoms with Gasteiger partial charge in [0.05, 0.1) is 25.6 Å². The first-order valence-corrected chi connectivity index (χ1v) is 12.4. The van der Waals surface area contributed by atoms with Gasteiger partial charge in [-0.25, -0.2) is 9.78 Å². The maximum atomic E-state index is 12.3. The number of carboxylic acids is 1. The summed E-state index contributed by atoms with van der Waals surface area (Å²) in [6.45, 7) is 3.76. The molecule has 2 aromatic heterocycles. The van der Waals surface area contributed by atoms with E-state index in [-0.39, 0.29) is 16.5 Å². The van der Waals surface area contributed by atoms with Crippen molar-refractivity contribution in [2.45, 2.75) is 29.4 Å². The second-order valence-corrected chi connectivity index (χ2v) is 11.0. The molecule has 2 N–H and O–H groups in total. The lowest BCUT2D eigenvalue weighted by Gasteiger charge is -2.21. The molecule has 2 atom stereocenters. The Morgan fingerprint density at radius 2 is 1.88 bits per heavy atom. The van der Waals surface area contributed by atoms with Crippen LogP contribution in [-0.4, -0.2) is 30.9 Å². The van der Waals surface area contributed by atoms with Gasteiger partial charge in [-0.15, -0.1) is 11.8 Å². The number of thiazole rings is 1. The van der Waals surface area contributed by atoms with Crippen molar-refractivity contribution in [3.05, 3.63) is 80.6 Å². The highest BCUT2D eigenvalue weighted by atomic mass is 35.5. The van der Waals surface area contributed by atoms with Gasteiger partial charge in [0.25, 0.3) is 0 Å². The number of aromatic carboxylic acids is 1. The summed E-state index contributed by atoms with van der Waals surface area (Å²) in [4.78, 5) is 17.1. The Kier molecular flexibility index (Phi) is 5.74. The van der Waals surface area contributed by atoms with Crippen LogP contribution < -0.4 is 0 Å². The van der Waals surface area contributed by atoms with Crippen molar-refractivity contribution in [2.75, 3.05) is 0 Å². The van der Waals surface area contributed by atoms with Gasteiger partial charge in [-0.05, 0) is 37.1 Å². The molecule has 2 unspecified atom stereocenters. The fraction of sp³-hybridized carbons (Fsp3) is 0.174. The number of hydrogen-bond acceptors (Lipinski definition) is 6. The van der Waals surface area contributed by atoms with Crippen LogP contribution >= 0.6 is 46.3 Å². The smallest absolute Gasteiger partial charge is 0.355 e. The third kappa shape index (κ3) is 3.76. The normalized spacial score (nSPS) is 15.7. The molecule has 0 aliphatic carbocycles. The molecule has 168 valence electrons. The van der Waals surface area contributed by atoms with Crippen molar-refractivity contribution >= 4 is 52.3 Å². The molecule has 4 aromatic rings. The lowest BCUT2D eigenvalue weighted by Crippen LogP contribution is -2.12. The molecular formula is C23H17Cl2N3O3S2. The molecule has 0 bridgehead atoms. The Balaban J connectivity index is 1.67. The highest BCUT2D eigenvalue weighted by molar-refractivity contribution is 8.01. The molecular weight excluding hydrogens is 501 g/mol. The molecule has 0 fully saturated rings. The monoisotopic (exact) mass is 517 g/mol. The van der Waals surface area contributed by atoms with E-state index in [1.54, 1.807) is 49.0 Å². The highest BCUT2D eigenvalue weighted by Gasteiger charge is 2.32. The Morgan fingerprint density at radius 1 is 1.18 bits per heavy atom. The number of aliphatic hydroxyl groups is 1. The van der Waals surface area contributed by atoms with Gasteiger partial charge in [0.2, 0.25) is 5.13 Å². The van der Waals surface area contributed by atoms with Crippen molar-refractivity contribution in [1.29, 1.82) is 0 Å². The number of carbonyl (C=O) groups is 1. The number of rotatable bonds is 4. The van der Waals surface area contributed by atoms with Gasteiger partial charge >= 0.3 is 5.97 Å². The minimum absolute atomic E-state index is 0.109. The first-order chi connectivity index (χ1) is 15.8. The maximum absolute atomic E-state index is 12.3. The van der Waals surface area contributed by atoms with E-state index < -0.39 is 12.1 Å². The van der Waals surface area contributed by atoms with Crippen LogP contribution in [0.5, 0.6) is 0 Å². The van der Waals surface area contributed by atoms with Gasteiger partial charge in [0.1, 0.15) is 6.10 Å². The Hall–Kier alpha value is -2.36. The Morgan fingerprint density at radius 3 is 2.58 bits per heavy atom. The van der Waals surface area contributed by atoms with Crippen molar-refractivity contribution < 1.29 is 15.0 Å². The van der Waals surface area contributed by atoms with Crippen LogP contribution in [0.15, 0.2) is 46.7 Å². The number of hydrogen-bond donors (Lipinski definition) is 2. The second-order valence-electron chi connectivity index (χ2n) is 7.62. The number of nitrogens with zero attached hydrogens (tertiary/aromatic N) is 3. The summed E-state index contributed by atoms with van der Waals surface area (Å²) in [5, 5.41) is 27.0. The minimum Gasteiger partial charge on any atom is -0.476 e. The zero-order chi connectivity index (χ0) is 23.4. The first-order valence-electron chi connectivity index (χ1n) is 9.99. The summed E-state index contributed by atoms with van der Waals surface area (Å²) in [5.74, 6) is -1.19. The van der Waals surface area contributed by atoms with Crippen LogP contribution in [0.1, 0.15) is 51.2 Å². The summed E-state index contributed by atoms with van der Waals surface area (Å²) in [6, 6.07) is 12.6. The zero-order valence-corrected chi connectivity index (χ0v) is 20.6. The van der Waals surface area contributed by atoms with E-state index >= 15 is 0 Å². The van der Waals surface area contributed by atoms with Gasteiger partial charge in [0, 0.05) is 16.4 Å². The average molecular weight is 518 g/mol. The quantitative estimate of drug-likeness (QED) is 0.318. The lowest BCUT2D eigenvalue weighted by molar-refractivity contribution is 0.0681. The van der Waals surface area contributed by atoms with E-state index in [9.17, 15) is 15.0 Å². The zero-order valence-electron chi connectivity index (χ0n) is 17.4. The van der Waals surface area contributed by atoms with E-state index in [1.165, 1.54) is 16.0 Å². The number of halogens is 2. The first kappa shape index (κ1) is 22.4. The summed E-state index contributed by atoms with van der Waals surface area (Å²) < 4.78 is 2.25. The second kappa shape index (κ2) is 8.45. The summed E-state index contributed by atoms with van der Waals surface area (Å²) in [7, 11) is 0. The number of aryl methyl sites for hydroxylation is 1. The van der Waals surface area contributed by atoms with Crippen LogP contribution in [-0.2, 0) is 0 Å². The van der Waals surface area contributed by atoms with E-state index in [4.69, 9.17) is 28.2 Å². The fourth-order valence-corrected chi connectivity index (χ4v) is 6.85.